The summed E-state index contributed by atoms with van der Waals surface area (Å²) in [5.41, 5.74) is 2.06. The zero-order valence-electron chi connectivity index (χ0n) is 22.5. The van der Waals surface area contributed by atoms with Gasteiger partial charge in [-0.05, 0) is 68.0 Å². The summed E-state index contributed by atoms with van der Waals surface area (Å²) in [6.45, 7) is 6.39. The van der Waals surface area contributed by atoms with Gasteiger partial charge in [0.1, 0.15) is 11.9 Å². The third-order valence-electron chi connectivity index (χ3n) is 7.45. The number of hydrogen-bond donors (Lipinski definition) is 0. The van der Waals surface area contributed by atoms with Crippen molar-refractivity contribution in [3.8, 4) is 5.75 Å². The summed E-state index contributed by atoms with van der Waals surface area (Å²) in [5, 5.41) is 0. The standard InChI is InChI=1S/C32H44O4/c1-4-6-8-10-11-12-14-25-16-18-26(19-17-25)30(33)35-28-22-20-27(21-23-28)32(3)24-29(36-31(32)34)15-13-9-7-5-2/h16-23,29H,4-15,24H2,1-3H3/t29-,32-/m1/s1. The van der Waals surface area contributed by atoms with Crippen LogP contribution in [0.2, 0.25) is 0 Å². The van der Waals surface area contributed by atoms with Gasteiger partial charge in [0.05, 0.1) is 11.0 Å². The highest BCUT2D eigenvalue weighted by molar-refractivity contribution is 5.91. The summed E-state index contributed by atoms with van der Waals surface area (Å²) in [5.74, 6) is -0.0488. The topological polar surface area (TPSA) is 52.6 Å². The number of unbranched alkanes of at least 4 members (excludes halogenated alkanes) is 8. The van der Waals surface area contributed by atoms with Gasteiger partial charge in [-0.1, -0.05) is 89.5 Å². The molecule has 0 radical (unpaired) electrons. The Balaban J connectivity index is 1.49. The van der Waals surface area contributed by atoms with Crippen molar-refractivity contribution in [1.82, 2.24) is 0 Å². The fraction of sp³-hybridized carbons (Fsp3) is 0.562. The van der Waals surface area contributed by atoms with Crippen molar-refractivity contribution in [3.05, 3.63) is 65.2 Å². The Morgan fingerprint density at radius 2 is 1.47 bits per heavy atom. The van der Waals surface area contributed by atoms with E-state index in [9.17, 15) is 9.59 Å². The van der Waals surface area contributed by atoms with E-state index >= 15 is 0 Å². The number of cyclic esters (lactones) is 1. The molecule has 196 valence electrons. The van der Waals surface area contributed by atoms with Gasteiger partial charge < -0.3 is 9.47 Å². The average Bonchev–Trinajstić information content (AvgIpc) is 3.18. The van der Waals surface area contributed by atoms with Crippen LogP contribution < -0.4 is 4.74 Å². The van der Waals surface area contributed by atoms with Gasteiger partial charge in [0.25, 0.3) is 0 Å². The summed E-state index contributed by atoms with van der Waals surface area (Å²) < 4.78 is 11.3. The molecule has 0 N–H and O–H groups in total. The van der Waals surface area contributed by atoms with Crippen molar-refractivity contribution in [2.45, 2.75) is 116 Å². The lowest BCUT2D eigenvalue weighted by Gasteiger charge is -2.20. The monoisotopic (exact) mass is 492 g/mol. The van der Waals surface area contributed by atoms with Crippen molar-refractivity contribution in [3.63, 3.8) is 0 Å². The molecule has 0 spiro atoms. The second-order valence-electron chi connectivity index (χ2n) is 10.5. The molecule has 1 aliphatic heterocycles. The Morgan fingerprint density at radius 3 is 2.14 bits per heavy atom. The molecule has 0 unspecified atom stereocenters. The van der Waals surface area contributed by atoms with E-state index in [-0.39, 0.29) is 18.0 Å². The van der Waals surface area contributed by atoms with Crippen LogP contribution >= 0.6 is 0 Å². The highest BCUT2D eigenvalue weighted by Crippen LogP contribution is 2.39. The molecule has 4 nitrogen and oxygen atoms in total. The van der Waals surface area contributed by atoms with E-state index in [0.717, 1.165) is 24.8 Å². The van der Waals surface area contributed by atoms with Crippen LogP contribution in [0.25, 0.3) is 0 Å². The molecule has 0 bridgehead atoms. The molecule has 1 aliphatic rings. The number of carbonyl (C=O) groups is 2. The van der Waals surface area contributed by atoms with Gasteiger partial charge in [-0.25, -0.2) is 4.79 Å². The molecule has 0 saturated carbocycles. The number of rotatable bonds is 15. The van der Waals surface area contributed by atoms with E-state index in [1.54, 1.807) is 12.1 Å². The Labute approximate surface area is 217 Å². The summed E-state index contributed by atoms with van der Waals surface area (Å²) in [7, 11) is 0. The lowest BCUT2D eigenvalue weighted by molar-refractivity contribution is -0.145. The zero-order valence-corrected chi connectivity index (χ0v) is 22.5. The van der Waals surface area contributed by atoms with Crippen LogP contribution in [-0.2, 0) is 21.4 Å². The summed E-state index contributed by atoms with van der Waals surface area (Å²) in [4.78, 5) is 25.3. The fourth-order valence-electron chi connectivity index (χ4n) is 5.03. The molecule has 1 fully saturated rings. The Hall–Kier alpha value is -2.62. The number of carbonyl (C=O) groups excluding carboxylic acids is 2. The molecule has 4 heteroatoms. The van der Waals surface area contributed by atoms with Crippen molar-refractivity contribution in [1.29, 1.82) is 0 Å². The van der Waals surface area contributed by atoms with E-state index < -0.39 is 5.41 Å². The largest absolute Gasteiger partial charge is 0.462 e. The first-order valence-electron chi connectivity index (χ1n) is 14.1. The number of esters is 2. The van der Waals surface area contributed by atoms with Gasteiger partial charge in [-0.2, -0.15) is 0 Å². The van der Waals surface area contributed by atoms with Crippen LogP contribution in [0, 0.1) is 0 Å². The molecule has 3 rings (SSSR count). The maximum atomic E-state index is 12.7. The van der Waals surface area contributed by atoms with Crippen LogP contribution in [-0.4, -0.2) is 18.0 Å². The van der Waals surface area contributed by atoms with E-state index in [1.165, 1.54) is 63.4 Å². The average molecular weight is 493 g/mol. The predicted octanol–water partition coefficient (Wildman–Crippen LogP) is 8.35. The summed E-state index contributed by atoms with van der Waals surface area (Å²) in [6.07, 6.45) is 15.0. The van der Waals surface area contributed by atoms with Gasteiger partial charge >= 0.3 is 11.9 Å². The Bertz CT molecular complexity index is 947. The minimum Gasteiger partial charge on any atom is -0.462 e. The molecule has 36 heavy (non-hydrogen) atoms. The zero-order chi connectivity index (χ0) is 25.8. The van der Waals surface area contributed by atoms with Crippen LogP contribution in [0.1, 0.15) is 119 Å². The normalized spacial score (nSPS) is 19.3. The van der Waals surface area contributed by atoms with Crippen LogP contribution in [0.15, 0.2) is 48.5 Å². The second-order valence-corrected chi connectivity index (χ2v) is 10.5. The van der Waals surface area contributed by atoms with Gasteiger partial charge in [0.2, 0.25) is 0 Å². The second kappa shape index (κ2) is 14.2. The molecule has 2 aromatic carbocycles. The Morgan fingerprint density at radius 1 is 0.861 bits per heavy atom. The number of hydrogen-bond acceptors (Lipinski definition) is 4. The molecule has 2 aromatic rings. The van der Waals surface area contributed by atoms with Gasteiger partial charge in [-0.15, -0.1) is 0 Å². The highest BCUT2D eigenvalue weighted by atomic mass is 16.6. The molecule has 0 aliphatic carbocycles. The van der Waals surface area contributed by atoms with E-state index in [4.69, 9.17) is 9.47 Å². The molecule has 2 atom stereocenters. The van der Waals surface area contributed by atoms with E-state index in [2.05, 4.69) is 13.8 Å². The molecule has 0 aromatic heterocycles. The van der Waals surface area contributed by atoms with Crippen molar-refractivity contribution in [2.75, 3.05) is 0 Å². The van der Waals surface area contributed by atoms with Gasteiger partial charge in [0, 0.05) is 6.42 Å². The maximum absolute atomic E-state index is 12.7. The number of aryl methyl sites for hydroxylation is 1. The minimum atomic E-state index is -0.649. The van der Waals surface area contributed by atoms with E-state index in [0.29, 0.717) is 17.7 Å². The smallest absolute Gasteiger partial charge is 0.343 e. The lowest BCUT2D eigenvalue weighted by Crippen LogP contribution is -2.27. The lowest BCUT2D eigenvalue weighted by atomic mass is 9.79. The quantitative estimate of drug-likeness (QED) is 0.142. The maximum Gasteiger partial charge on any atom is 0.343 e. The molecule has 1 saturated heterocycles. The summed E-state index contributed by atoms with van der Waals surface area (Å²) in [6, 6.07) is 15.0. The third kappa shape index (κ3) is 7.94. The molecule has 0 amide bonds. The van der Waals surface area contributed by atoms with Crippen molar-refractivity contribution in [2.24, 2.45) is 0 Å². The highest BCUT2D eigenvalue weighted by Gasteiger charge is 2.46. The first-order chi connectivity index (χ1) is 17.5. The third-order valence-corrected chi connectivity index (χ3v) is 7.45. The SMILES string of the molecule is CCCCCCCCc1ccc(C(=O)Oc2ccc([C@@]3(C)C[C@@H](CCCCCC)OC3=O)cc2)cc1. The van der Waals surface area contributed by atoms with Gasteiger partial charge in [0.15, 0.2) is 0 Å². The van der Waals surface area contributed by atoms with Gasteiger partial charge in [-0.3, -0.25) is 4.79 Å². The first-order valence-corrected chi connectivity index (χ1v) is 14.1. The Kier molecular flexibility index (Phi) is 11.0. The fourth-order valence-corrected chi connectivity index (χ4v) is 5.03. The molecular weight excluding hydrogens is 448 g/mol. The first kappa shape index (κ1) is 28.0. The van der Waals surface area contributed by atoms with Crippen LogP contribution in [0.3, 0.4) is 0 Å². The van der Waals surface area contributed by atoms with Crippen molar-refractivity contribution >= 4 is 11.9 Å². The number of ether oxygens (including phenoxy) is 2. The number of benzene rings is 2. The summed E-state index contributed by atoms with van der Waals surface area (Å²) >= 11 is 0. The van der Waals surface area contributed by atoms with Crippen molar-refractivity contribution < 1.29 is 19.1 Å². The molecule has 1 heterocycles. The molecular formula is C32H44O4. The van der Waals surface area contributed by atoms with E-state index in [1.807, 2.05) is 43.3 Å². The van der Waals surface area contributed by atoms with Crippen LogP contribution in [0.4, 0.5) is 0 Å². The van der Waals surface area contributed by atoms with Crippen LogP contribution in [0.5, 0.6) is 5.75 Å². The minimum absolute atomic E-state index is 0.0131. The predicted molar refractivity (Wildman–Crippen MR) is 146 cm³/mol.